The van der Waals surface area contributed by atoms with E-state index in [1.54, 1.807) is 0 Å². The fraction of sp³-hybridized carbons (Fsp3) is 0.333. The van der Waals surface area contributed by atoms with Crippen LogP contribution in [0.5, 0.6) is 11.5 Å². The van der Waals surface area contributed by atoms with Crippen LogP contribution >= 0.6 is 0 Å². The van der Waals surface area contributed by atoms with Gasteiger partial charge in [0.1, 0.15) is 13.2 Å². The Morgan fingerprint density at radius 3 is 1.97 bits per heavy atom. The fourth-order valence-corrected chi connectivity index (χ4v) is 5.17. The van der Waals surface area contributed by atoms with Crippen molar-refractivity contribution in [3.05, 3.63) is 102 Å². The molecule has 2 aliphatic rings. The van der Waals surface area contributed by atoms with Crippen LogP contribution in [0.15, 0.2) is 84.9 Å². The van der Waals surface area contributed by atoms with E-state index >= 15 is 0 Å². The summed E-state index contributed by atoms with van der Waals surface area (Å²) in [6, 6.07) is 27.1. The molecule has 0 saturated heterocycles. The van der Waals surface area contributed by atoms with Gasteiger partial charge in [-0.3, -0.25) is 0 Å². The zero-order chi connectivity index (χ0) is 21.6. The van der Waals surface area contributed by atoms with E-state index in [0.717, 1.165) is 34.5 Å². The first kappa shape index (κ1) is 20.9. The molecule has 164 valence electrons. The third kappa shape index (κ3) is 5.07. The van der Waals surface area contributed by atoms with Crippen molar-refractivity contribution < 1.29 is 9.47 Å². The number of benzene rings is 3. The number of hydrogen-bond acceptors (Lipinski definition) is 2. The van der Waals surface area contributed by atoms with Crippen molar-refractivity contribution in [3.8, 4) is 11.5 Å². The van der Waals surface area contributed by atoms with Crippen molar-refractivity contribution in [2.24, 2.45) is 11.8 Å². The Morgan fingerprint density at radius 1 is 0.656 bits per heavy atom. The summed E-state index contributed by atoms with van der Waals surface area (Å²) < 4.78 is 12.5. The summed E-state index contributed by atoms with van der Waals surface area (Å²) in [6.45, 7) is 1.07. The van der Waals surface area contributed by atoms with Crippen LogP contribution in [0.2, 0.25) is 0 Å². The number of hydrogen-bond donors (Lipinski definition) is 0. The van der Waals surface area contributed by atoms with Crippen LogP contribution in [-0.2, 0) is 13.2 Å². The highest BCUT2D eigenvalue weighted by atomic mass is 16.5. The molecule has 0 heterocycles. The SMILES string of the molecule is C1=C(c2ccc(OCc3ccccc3)c(OCc3ccccc3)c2)C[C@@H]2CCCC[C@H]2C1. The Kier molecular flexibility index (Phi) is 6.58. The summed E-state index contributed by atoms with van der Waals surface area (Å²) in [5.74, 6) is 3.38. The van der Waals surface area contributed by atoms with Crippen LogP contribution in [0.25, 0.3) is 5.57 Å². The molecule has 0 radical (unpaired) electrons. The van der Waals surface area contributed by atoms with Crippen molar-refractivity contribution in [1.29, 1.82) is 0 Å². The lowest BCUT2D eigenvalue weighted by Gasteiger charge is -2.35. The molecule has 0 unspecified atom stereocenters. The first-order chi connectivity index (χ1) is 15.8. The maximum Gasteiger partial charge on any atom is 0.162 e. The minimum absolute atomic E-state index is 0.536. The predicted octanol–water partition coefficient (Wildman–Crippen LogP) is 7.83. The number of ether oxygens (including phenoxy) is 2. The third-order valence-electron chi connectivity index (χ3n) is 7.00. The highest BCUT2D eigenvalue weighted by Gasteiger charge is 2.28. The minimum atomic E-state index is 0.536. The van der Waals surface area contributed by atoms with E-state index < -0.39 is 0 Å². The van der Waals surface area contributed by atoms with Gasteiger partial charge in [-0.05, 0) is 71.9 Å². The van der Waals surface area contributed by atoms with Gasteiger partial charge in [0, 0.05) is 0 Å². The summed E-state index contributed by atoms with van der Waals surface area (Å²) in [5, 5.41) is 0. The zero-order valence-corrected chi connectivity index (χ0v) is 18.7. The van der Waals surface area contributed by atoms with Crippen molar-refractivity contribution in [3.63, 3.8) is 0 Å². The van der Waals surface area contributed by atoms with Crippen LogP contribution in [0.4, 0.5) is 0 Å². The zero-order valence-electron chi connectivity index (χ0n) is 18.7. The van der Waals surface area contributed by atoms with Crippen LogP contribution < -0.4 is 9.47 Å². The molecule has 0 amide bonds. The lowest BCUT2D eigenvalue weighted by Crippen LogP contribution is -2.22. The number of rotatable bonds is 7. The molecule has 3 aromatic carbocycles. The molecule has 2 atom stereocenters. The fourth-order valence-electron chi connectivity index (χ4n) is 5.17. The summed E-state index contributed by atoms with van der Waals surface area (Å²) >= 11 is 0. The van der Waals surface area contributed by atoms with Crippen molar-refractivity contribution >= 4 is 5.57 Å². The van der Waals surface area contributed by atoms with E-state index in [2.05, 4.69) is 60.7 Å². The Bertz CT molecular complexity index is 1040. The summed E-state index contributed by atoms with van der Waals surface area (Å²) in [5.41, 5.74) is 5.08. The van der Waals surface area contributed by atoms with Gasteiger partial charge >= 0.3 is 0 Å². The Balaban J connectivity index is 1.37. The van der Waals surface area contributed by atoms with Crippen LogP contribution in [-0.4, -0.2) is 0 Å². The normalized spacial score (nSPS) is 20.2. The molecule has 0 spiro atoms. The lowest BCUT2D eigenvalue weighted by atomic mass is 9.70. The topological polar surface area (TPSA) is 18.5 Å². The molecule has 32 heavy (non-hydrogen) atoms. The number of fused-ring (bicyclic) bond motifs is 1. The van der Waals surface area contributed by atoms with Gasteiger partial charge in [0.15, 0.2) is 11.5 Å². The van der Waals surface area contributed by atoms with Gasteiger partial charge in [0.05, 0.1) is 0 Å². The first-order valence-electron chi connectivity index (χ1n) is 12.0. The molecular formula is C30H32O2. The Morgan fingerprint density at radius 2 is 1.28 bits per heavy atom. The second-order valence-corrected chi connectivity index (χ2v) is 9.18. The van der Waals surface area contributed by atoms with Crippen molar-refractivity contribution in [1.82, 2.24) is 0 Å². The minimum Gasteiger partial charge on any atom is -0.485 e. The van der Waals surface area contributed by atoms with E-state index in [4.69, 9.17) is 9.47 Å². The van der Waals surface area contributed by atoms with Gasteiger partial charge < -0.3 is 9.47 Å². The van der Waals surface area contributed by atoms with Gasteiger partial charge in [-0.2, -0.15) is 0 Å². The van der Waals surface area contributed by atoms with E-state index in [-0.39, 0.29) is 0 Å². The van der Waals surface area contributed by atoms with E-state index in [0.29, 0.717) is 13.2 Å². The Hall–Kier alpha value is -3.00. The van der Waals surface area contributed by atoms with E-state index in [1.165, 1.54) is 49.7 Å². The third-order valence-corrected chi connectivity index (χ3v) is 7.00. The largest absolute Gasteiger partial charge is 0.485 e. The van der Waals surface area contributed by atoms with E-state index in [1.807, 2.05) is 24.3 Å². The summed E-state index contributed by atoms with van der Waals surface area (Å²) in [4.78, 5) is 0. The highest BCUT2D eigenvalue weighted by molar-refractivity contribution is 5.69. The van der Waals surface area contributed by atoms with Gasteiger partial charge in [-0.25, -0.2) is 0 Å². The maximum absolute atomic E-state index is 6.30. The van der Waals surface area contributed by atoms with Gasteiger partial charge in [0.2, 0.25) is 0 Å². The molecule has 2 heteroatoms. The maximum atomic E-state index is 6.30. The number of allylic oxidation sites excluding steroid dienone is 2. The van der Waals surface area contributed by atoms with Gasteiger partial charge in [-0.1, -0.05) is 85.6 Å². The molecule has 5 rings (SSSR count). The van der Waals surface area contributed by atoms with Crippen LogP contribution in [0.3, 0.4) is 0 Å². The molecule has 2 aliphatic carbocycles. The van der Waals surface area contributed by atoms with Crippen molar-refractivity contribution in [2.45, 2.75) is 51.7 Å². The average Bonchev–Trinajstić information content (AvgIpc) is 2.87. The standard InChI is InChI=1S/C30H32O2/c1-3-9-23(10-4-1)21-31-29-18-17-28(20-30(29)32-22-24-11-5-2-6-12-24)27-16-15-25-13-7-8-14-26(25)19-27/h1-6,9-12,16-18,20,25-26H,7-8,13-15,19,21-22H2/t25-,26-/m0/s1. The summed E-state index contributed by atoms with van der Waals surface area (Å²) in [7, 11) is 0. The van der Waals surface area contributed by atoms with E-state index in [9.17, 15) is 0 Å². The van der Waals surface area contributed by atoms with Gasteiger partial charge in [-0.15, -0.1) is 0 Å². The molecule has 0 aliphatic heterocycles. The van der Waals surface area contributed by atoms with Gasteiger partial charge in [0.25, 0.3) is 0 Å². The predicted molar refractivity (Wildman–Crippen MR) is 131 cm³/mol. The second-order valence-electron chi connectivity index (χ2n) is 9.18. The molecule has 1 fully saturated rings. The Labute approximate surface area is 191 Å². The molecular weight excluding hydrogens is 392 g/mol. The van der Waals surface area contributed by atoms with Crippen molar-refractivity contribution in [2.75, 3.05) is 0 Å². The molecule has 2 nitrogen and oxygen atoms in total. The van der Waals surface area contributed by atoms with Crippen LogP contribution in [0.1, 0.15) is 55.2 Å². The summed E-state index contributed by atoms with van der Waals surface area (Å²) in [6.07, 6.45) is 10.5. The van der Waals surface area contributed by atoms with Crippen LogP contribution in [0, 0.1) is 11.8 Å². The quantitative estimate of drug-likeness (QED) is 0.385. The molecule has 0 bridgehead atoms. The highest BCUT2D eigenvalue weighted by Crippen LogP contribution is 2.44. The smallest absolute Gasteiger partial charge is 0.162 e. The first-order valence-corrected chi connectivity index (χ1v) is 12.0. The lowest BCUT2D eigenvalue weighted by molar-refractivity contribution is 0.235. The average molecular weight is 425 g/mol. The molecule has 0 aromatic heterocycles. The molecule has 3 aromatic rings. The monoisotopic (exact) mass is 424 g/mol. The molecule has 1 saturated carbocycles. The molecule has 0 N–H and O–H groups in total. The second kappa shape index (κ2) is 10.1.